The highest BCUT2D eigenvalue weighted by Crippen LogP contribution is 2.22. The van der Waals surface area contributed by atoms with Crippen LogP contribution in [0.15, 0.2) is 36.4 Å². The maximum absolute atomic E-state index is 13.3. The summed E-state index contributed by atoms with van der Waals surface area (Å²) in [5, 5.41) is 12.1. The van der Waals surface area contributed by atoms with Crippen LogP contribution in [0.2, 0.25) is 0 Å². The van der Waals surface area contributed by atoms with Crippen LogP contribution in [-0.4, -0.2) is 5.11 Å². The zero-order chi connectivity index (χ0) is 13.1. The van der Waals surface area contributed by atoms with Crippen molar-refractivity contribution < 1.29 is 18.3 Å². The van der Waals surface area contributed by atoms with Gasteiger partial charge in [-0.15, -0.1) is 0 Å². The summed E-state index contributed by atoms with van der Waals surface area (Å²) >= 11 is 0. The van der Waals surface area contributed by atoms with Crippen molar-refractivity contribution in [3.63, 3.8) is 0 Å². The molecule has 0 amide bonds. The molecule has 0 aliphatic rings. The molecule has 0 heterocycles. The molecule has 0 radical (unpaired) electrons. The Balaban J connectivity index is 2.17. The predicted octanol–water partition coefficient (Wildman–Crippen LogP) is 3.42. The van der Waals surface area contributed by atoms with Gasteiger partial charge >= 0.3 is 0 Å². The smallest absolute Gasteiger partial charge is 0.196 e. The highest BCUT2D eigenvalue weighted by Gasteiger charge is 2.13. The van der Waals surface area contributed by atoms with E-state index in [-0.39, 0.29) is 18.0 Å². The molecule has 0 saturated heterocycles. The van der Waals surface area contributed by atoms with E-state index in [2.05, 4.69) is 5.32 Å². The van der Waals surface area contributed by atoms with E-state index < -0.39 is 17.5 Å². The van der Waals surface area contributed by atoms with Crippen LogP contribution >= 0.6 is 0 Å². The molecule has 0 spiro atoms. The summed E-state index contributed by atoms with van der Waals surface area (Å²) in [6.45, 7) is 0.106. The third-order valence-electron chi connectivity index (χ3n) is 2.50. The van der Waals surface area contributed by atoms with Gasteiger partial charge < -0.3 is 10.4 Å². The molecule has 2 aromatic carbocycles. The number of aromatic hydroxyl groups is 1. The number of anilines is 1. The Morgan fingerprint density at radius 2 is 1.67 bits per heavy atom. The number of para-hydroxylation sites is 1. The van der Waals surface area contributed by atoms with Crippen molar-refractivity contribution in [1.29, 1.82) is 0 Å². The topological polar surface area (TPSA) is 32.3 Å². The number of hydrogen-bond donors (Lipinski definition) is 2. The third-order valence-corrected chi connectivity index (χ3v) is 2.50. The van der Waals surface area contributed by atoms with Crippen molar-refractivity contribution in [2.45, 2.75) is 6.54 Å². The van der Waals surface area contributed by atoms with Gasteiger partial charge in [-0.05, 0) is 18.2 Å². The molecule has 94 valence electrons. The second kappa shape index (κ2) is 5.00. The zero-order valence-electron chi connectivity index (χ0n) is 9.25. The van der Waals surface area contributed by atoms with Crippen LogP contribution in [0.4, 0.5) is 18.9 Å². The number of halogens is 3. The molecule has 5 heteroatoms. The first kappa shape index (κ1) is 12.3. The molecule has 18 heavy (non-hydrogen) atoms. The first-order chi connectivity index (χ1) is 8.59. The largest absolute Gasteiger partial charge is 0.508 e. The quantitative estimate of drug-likeness (QED) is 0.821. The van der Waals surface area contributed by atoms with E-state index in [1.807, 2.05) is 0 Å². The molecule has 0 atom stereocenters. The number of rotatable bonds is 3. The van der Waals surface area contributed by atoms with E-state index in [1.165, 1.54) is 6.07 Å². The van der Waals surface area contributed by atoms with E-state index in [1.54, 1.807) is 18.2 Å². The van der Waals surface area contributed by atoms with Gasteiger partial charge in [-0.3, -0.25) is 0 Å². The van der Waals surface area contributed by atoms with E-state index in [0.717, 1.165) is 12.1 Å². The van der Waals surface area contributed by atoms with Gasteiger partial charge in [-0.2, -0.15) is 0 Å². The maximum Gasteiger partial charge on any atom is 0.196 e. The van der Waals surface area contributed by atoms with Crippen molar-refractivity contribution in [3.05, 3.63) is 59.4 Å². The molecular weight excluding hydrogens is 243 g/mol. The van der Waals surface area contributed by atoms with Gasteiger partial charge in [0.25, 0.3) is 0 Å². The molecule has 2 aromatic rings. The Hall–Kier alpha value is -2.17. The maximum atomic E-state index is 13.3. The standard InChI is InChI=1S/C13H10F3NO/c14-9-5-6-10(13(16)12(9)15)17-7-8-3-1-2-4-11(8)18/h1-6,17-18H,7H2. The Bertz CT molecular complexity index is 572. The lowest BCUT2D eigenvalue weighted by molar-refractivity contribution is 0.448. The van der Waals surface area contributed by atoms with Crippen molar-refractivity contribution in [2.24, 2.45) is 0 Å². The van der Waals surface area contributed by atoms with Gasteiger partial charge in [0, 0.05) is 12.1 Å². The van der Waals surface area contributed by atoms with E-state index >= 15 is 0 Å². The molecule has 2 N–H and O–H groups in total. The lowest BCUT2D eigenvalue weighted by Gasteiger charge is -2.09. The van der Waals surface area contributed by atoms with Gasteiger partial charge in [0.15, 0.2) is 17.5 Å². The summed E-state index contributed by atoms with van der Waals surface area (Å²) < 4.78 is 39.0. The van der Waals surface area contributed by atoms with Gasteiger partial charge in [0.2, 0.25) is 0 Å². The van der Waals surface area contributed by atoms with Crippen LogP contribution in [0.25, 0.3) is 0 Å². The summed E-state index contributed by atoms with van der Waals surface area (Å²) in [7, 11) is 0. The Morgan fingerprint density at radius 3 is 2.39 bits per heavy atom. The fourth-order valence-corrected chi connectivity index (χ4v) is 1.51. The number of phenolic OH excluding ortho intramolecular Hbond substituents is 1. The Kier molecular flexibility index (Phi) is 3.41. The lowest BCUT2D eigenvalue weighted by Crippen LogP contribution is -2.04. The highest BCUT2D eigenvalue weighted by molar-refractivity contribution is 5.47. The lowest BCUT2D eigenvalue weighted by atomic mass is 10.2. The summed E-state index contributed by atoms with van der Waals surface area (Å²) in [4.78, 5) is 0. The monoisotopic (exact) mass is 253 g/mol. The van der Waals surface area contributed by atoms with Crippen LogP contribution in [0.5, 0.6) is 5.75 Å². The zero-order valence-corrected chi connectivity index (χ0v) is 9.25. The average Bonchev–Trinajstić information content (AvgIpc) is 2.37. The summed E-state index contributed by atoms with van der Waals surface area (Å²) in [6.07, 6.45) is 0. The average molecular weight is 253 g/mol. The molecule has 0 aromatic heterocycles. The summed E-state index contributed by atoms with van der Waals surface area (Å²) in [6, 6.07) is 8.42. The van der Waals surface area contributed by atoms with Crippen molar-refractivity contribution in [3.8, 4) is 5.75 Å². The fourth-order valence-electron chi connectivity index (χ4n) is 1.51. The first-order valence-electron chi connectivity index (χ1n) is 5.24. The number of benzene rings is 2. The van der Waals surface area contributed by atoms with Gasteiger partial charge in [-0.25, -0.2) is 13.2 Å². The molecule has 0 unspecified atom stereocenters. The van der Waals surface area contributed by atoms with E-state index in [9.17, 15) is 18.3 Å². The molecule has 0 aliphatic heterocycles. The van der Waals surface area contributed by atoms with Crippen LogP contribution in [0, 0.1) is 17.5 Å². The van der Waals surface area contributed by atoms with Crippen LogP contribution in [0.3, 0.4) is 0 Å². The Morgan fingerprint density at radius 1 is 0.944 bits per heavy atom. The number of hydrogen-bond acceptors (Lipinski definition) is 2. The molecule has 0 bridgehead atoms. The molecule has 0 saturated carbocycles. The first-order valence-corrected chi connectivity index (χ1v) is 5.24. The summed E-state index contributed by atoms with van der Waals surface area (Å²) in [5.41, 5.74) is 0.374. The van der Waals surface area contributed by atoms with Crippen LogP contribution < -0.4 is 5.32 Å². The normalized spacial score (nSPS) is 10.4. The predicted molar refractivity (Wildman–Crippen MR) is 61.7 cm³/mol. The second-order valence-electron chi connectivity index (χ2n) is 3.71. The minimum absolute atomic E-state index is 0.0491. The van der Waals surface area contributed by atoms with Crippen molar-refractivity contribution in [2.75, 3.05) is 5.32 Å². The van der Waals surface area contributed by atoms with Gasteiger partial charge in [-0.1, -0.05) is 18.2 Å². The molecule has 2 rings (SSSR count). The Labute approximate surface area is 102 Å². The number of phenols is 1. The minimum Gasteiger partial charge on any atom is -0.508 e. The number of nitrogens with one attached hydrogen (secondary N) is 1. The van der Waals surface area contributed by atoms with E-state index in [0.29, 0.717) is 5.56 Å². The SMILES string of the molecule is Oc1ccccc1CNc1ccc(F)c(F)c1F. The molecular formula is C13H10F3NO. The van der Waals surface area contributed by atoms with Crippen molar-refractivity contribution in [1.82, 2.24) is 0 Å². The summed E-state index contributed by atoms with van der Waals surface area (Å²) in [5.74, 6) is -3.98. The van der Waals surface area contributed by atoms with Gasteiger partial charge in [0.1, 0.15) is 5.75 Å². The van der Waals surface area contributed by atoms with Crippen LogP contribution in [0.1, 0.15) is 5.56 Å². The van der Waals surface area contributed by atoms with Crippen molar-refractivity contribution >= 4 is 5.69 Å². The highest BCUT2D eigenvalue weighted by atomic mass is 19.2. The molecule has 0 fully saturated rings. The fraction of sp³-hybridized carbons (Fsp3) is 0.0769. The third kappa shape index (κ3) is 2.40. The van der Waals surface area contributed by atoms with Crippen LogP contribution in [-0.2, 0) is 6.54 Å². The van der Waals surface area contributed by atoms with Gasteiger partial charge in [0.05, 0.1) is 5.69 Å². The molecule has 2 nitrogen and oxygen atoms in total. The minimum atomic E-state index is -1.52. The van der Waals surface area contributed by atoms with E-state index in [4.69, 9.17) is 0 Å². The second-order valence-corrected chi connectivity index (χ2v) is 3.71. The molecule has 0 aliphatic carbocycles.